The molecule has 25 heavy (non-hydrogen) atoms. The molecule has 0 spiro atoms. The molecule has 0 aliphatic heterocycles. The van der Waals surface area contributed by atoms with E-state index in [2.05, 4.69) is 15.0 Å². The first kappa shape index (κ1) is 16.9. The summed E-state index contributed by atoms with van der Waals surface area (Å²) < 4.78 is 32.3. The average Bonchev–Trinajstić information content (AvgIpc) is 3.15. The summed E-state index contributed by atoms with van der Waals surface area (Å²) in [5, 5.41) is 2.66. The zero-order valence-corrected chi connectivity index (χ0v) is 13.9. The van der Waals surface area contributed by atoms with Gasteiger partial charge in [0.15, 0.2) is 0 Å². The fourth-order valence-corrected chi connectivity index (χ4v) is 3.15. The highest BCUT2D eigenvalue weighted by atomic mass is 32.2. The minimum Gasteiger partial charge on any atom is -0.468 e. The van der Waals surface area contributed by atoms with Gasteiger partial charge in [-0.05, 0) is 42.5 Å². The van der Waals surface area contributed by atoms with Gasteiger partial charge in [0, 0.05) is 11.8 Å². The number of hydrogen-bond acceptors (Lipinski definition) is 5. The molecule has 2 aromatic heterocycles. The number of carbonyl (C=O) groups excluding carboxylic acids is 1. The number of hydrogen-bond donors (Lipinski definition) is 2. The second-order valence-electron chi connectivity index (χ2n) is 5.13. The molecule has 2 heterocycles. The van der Waals surface area contributed by atoms with E-state index in [1.54, 1.807) is 30.5 Å². The summed E-state index contributed by atoms with van der Waals surface area (Å²) in [4.78, 5) is 16.2. The number of amides is 1. The number of nitrogens with zero attached hydrogens (tertiary/aromatic N) is 1. The van der Waals surface area contributed by atoms with Crippen LogP contribution in [0.25, 0.3) is 0 Å². The van der Waals surface area contributed by atoms with Crippen LogP contribution in [-0.4, -0.2) is 19.3 Å². The SMILES string of the molecule is O=C(Nc1cccnc1)c1cccc(S(=O)(=O)NCc2ccco2)c1. The van der Waals surface area contributed by atoms with Crippen molar-refractivity contribution in [2.24, 2.45) is 0 Å². The van der Waals surface area contributed by atoms with Crippen molar-refractivity contribution in [1.82, 2.24) is 9.71 Å². The first-order chi connectivity index (χ1) is 12.0. The Balaban J connectivity index is 1.75. The van der Waals surface area contributed by atoms with Crippen molar-refractivity contribution in [3.05, 3.63) is 78.5 Å². The molecule has 8 heteroatoms. The minimum absolute atomic E-state index is 0.00195. The van der Waals surface area contributed by atoms with Gasteiger partial charge in [-0.15, -0.1) is 0 Å². The van der Waals surface area contributed by atoms with Crippen LogP contribution in [0.15, 0.2) is 76.5 Å². The van der Waals surface area contributed by atoms with Gasteiger partial charge in [-0.25, -0.2) is 13.1 Å². The van der Waals surface area contributed by atoms with Crippen molar-refractivity contribution in [3.8, 4) is 0 Å². The van der Waals surface area contributed by atoms with Crippen LogP contribution < -0.4 is 10.0 Å². The number of rotatable bonds is 6. The van der Waals surface area contributed by atoms with Crippen molar-refractivity contribution < 1.29 is 17.6 Å². The molecular formula is C17H15N3O4S. The lowest BCUT2D eigenvalue weighted by Gasteiger charge is -2.08. The lowest BCUT2D eigenvalue weighted by Crippen LogP contribution is -2.23. The fourth-order valence-electron chi connectivity index (χ4n) is 2.11. The van der Waals surface area contributed by atoms with Gasteiger partial charge in [-0.2, -0.15) is 0 Å². The van der Waals surface area contributed by atoms with E-state index in [9.17, 15) is 13.2 Å². The lowest BCUT2D eigenvalue weighted by atomic mass is 10.2. The summed E-state index contributed by atoms with van der Waals surface area (Å²) in [5.74, 6) is 0.0742. The average molecular weight is 357 g/mol. The van der Waals surface area contributed by atoms with E-state index in [0.717, 1.165) is 0 Å². The van der Waals surface area contributed by atoms with E-state index in [1.807, 2.05) is 0 Å². The number of aromatic nitrogens is 1. The van der Waals surface area contributed by atoms with Gasteiger partial charge in [0.05, 0.1) is 29.6 Å². The molecule has 128 valence electrons. The maximum atomic E-state index is 12.4. The van der Waals surface area contributed by atoms with Gasteiger partial charge in [0.25, 0.3) is 5.91 Å². The van der Waals surface area contributed by atoms with Crippen molar-refractivity contribution in [3.63, 3.8) is 0 Å². The Morgan fingerprint density at radius 3 is 2.72 bits per heavy atom. The molecule has 2 N–H and O–H groups in total. The van der Waals surface area contributed by atoms with E-state index in [4.69, 9.17) is 4.42 Å². The zero-order chi connectivity index (χ0) is 17.7. The number of nitrogens with one attached hydrogen (secondary N) is 2. The molecule has 0 atom stereocenters. The number of carbonyl (C=O) groups is 1. The minimum atomic E-state index is -3.77. The van der Waals surface area contributed by atoms with Crippen LogP contribution in [0.3, 0.4) is 0 Å². The van der Waals surface area contributed by atoms with Gasteiger partial charge in [-0.3, -0.25) is 9.78 Å². The number of benzene rings is 1. The van der Waals surface area contributed by atoms with Crippen LogP contribution in [0.2, 0.25) is 0 Å². The largest absolute Gasteiger partial charge is 0.468 e. The van der Waals surface area contributed by atoms with Crippen molar-refractivity contribution in [2.75, 3.05) is 5.32 Å². The number of anilines is 1. The van der Waals surface area contributed by atoms with Crippen LogP contribution in [-0.2, 0) is 16.6 Å². The van der Waals surface area contributed by atoms with E-state index < -0.39 is 15.9 Å². The standard InChI is InChI=1S/C17H15N3O4S/c21-17(20-14-5-2-8-18-11-14)13-4-1-7-16(10-13)25(22,23)19-12-15-6-3-9-24-15/h1-11,19H,12H2,(H,20,21). The van der Waals surface area contributed by atoms with Gasteiger partial charge >= 0.3 is 0 Å². The summed E-state index contributed by atoms with van der Waals surface area (Å²) in [6, 6.07) is 12.5. The monoisotopic (exact) mass is 357 g/mol. The molecular weight excluding hydrogens is 342 g/mol. The molecule has 0 saturated heterocycles. The van der Waals surface area contributed by atoms with Gasteiger partial charge < -0.3 is 9.73 Å². The van der Waals surface area contributed by atoms with Crippen LogP contribution in [0.4, 0.5) is 5.69 Å². The molecule has 0 radical (unpaired) electrons. The van der Waals surface area contributed by atoms with Crippen LogP contribution >= 0.6 is 0 Å². The highest BCUT2D eigenvalue weighted by molar-refractivity contribution is 7.89. The van der Waals surface area contributed by atoms with Crippen LogP contribution in [0, 0.1) is 0 Å². The lowest BCUT2D eigenvalue weighted by molar-refractivity contribution is 0.102. The van der Waals surface area contributed by atoms with E-state index in [1.165, 1.54) is 36.7 Å². The molecule has 3 aromatic rings. The maximum Gasteiger partial charge on any atom is 0.255 e. The Labute approximate surface area is 144 Å². The highest BCUT2D eigenvalue weighted by Crippen LogP contribution is 2.14. The second-order valence-corrected chi connectivity index (χ2v) is 6.89. The van der Waals surface area contributed by atoms with Crippen LogP contribution in [0.1, 0.15) is 16.1 Å². The molecule has 0 aliphatic carbocycles. The predicted molar refractivity (Wildman–Crippen MR) is 91.4 cm³/mol. The molecule has 1 amide bonds. The summed E-state index contributed by atoms with van der Waals surface area (Å²) in [7, 11) is -3.77. The molecule has 1 aromatic carbocycles. The molecule has 0 bridgehead atoms. The molecule has 3 rings (SSSR count). The first-order valence-corrected chi connectivity index (χ1v) is 8.86. The van der Waals surface area contributed by atoms with Gasteiger partial charge in [0.2, 0.25) is 10.0 Å². The van der Waals surface area contributed by atoms with E-state index in [-0.39, 0.29) is 17.0 Å². The Morgan fingerprint density at radius 2 is 2.00 bits per heavy atom. The van der Waals surface area contributed by atoms with Crippen molar-refractivity contribution in [2.45, 2.75) is 11.4 Å². The number of sulfonamides is 1. The zero-order valence-electron chi connectivity index (χ0n) is 13.0. The molecule has 0 saturated carbocycles. The first-order valence-electron chi connectivity index (χ1n) is 7.38. The Bertz CT molecular complexity index is 955. The Kier molecular flexibility index (Phi) is 4.92. The van der Waals surface area contributed by atoms with Crippen molar-refractivity contribution in [1.29, 1.82) is 0 Å². The topological polar surface area (TPSA) is 101 Å². The third kappa shape index (κ3) is 4.31. The van der Waals surface area contributed by atoms with Gasteiger partial charge in [0.1, 0.15) is 5.76 Å². The Morgan fingerprint density at radius 1 is 1.12 bits per heavy atom. The summed E-state index contributed by atoms with van der Waals surface area (Å²) in [5.41, 5.74) is 0.751. The molecule has 7 nitrogen and oxygen atoms in total. The third-order valence-electron chi connectivity index (χ3n) is 3.34. The normalized spacial score (nSPS) is 11.2. The van der Waals surface area contributed by atoms with Gasteiger partial charge in [-0.1, -0.05) is 6.07 Å². The fraction of sp³-hybridized carbons (Fsp3) is 0.0588. The third-order valence-corrected chi connectivity index (χ3v) is 4.74. The second kappa shape index (κ2) is 7.29. The quantitative estimate of drug-likeness (QED) is 0.705. The highest BCUT2D eigenvalue weighted by Gasteiger charge is 2.16. The Hall–Kier alpha value is -2.97. The predicted octanol–water partition coefficient (Wildman–Crippen LogP) is 2.41. The van der Waals surface area contributed by atoms with Crippen molar-refractivity contribution >= 4 is 21.6 Å². The molecule has 0 aliphatic rings. The summed E-state index contributed by atoms with van der Waals surface area (Å²) >= 11 is 0. The smallest absolute Gasteiger partial charge is 0.255 e. The molecule has 0 unspecified atom stereocenters. The maximum absolute atomic E-state index is 12.4. The number of pyridine rings is 1. The van der Waals surface area contributed by atoms with E-state index >= 15 is 0 Å². The van der Waals surface area contributed by atoms with Crippen LogP contribution in [0.5, 0.6) is 0 Å². The number of furan rings is 1. The van der Waals surface area contributed by atoms with E-state index in [0.29, 0.717) is 11.4 Å². The summed E-state index contributed by atoms with van der Waals surface area (Å²) in [6.45, 7) is 0.0292. The summed E-state index contributed by atoms with van der Waals surface area (Å²) in [6.07, 6.45) is 4.56. The molecule has 0 fully saturated rings.